The van der Waals surface area contributed by atoms with Crippen LogP contribution in [0, 0.1) is 10.8 Å². The summed E-state index contributed by atoms with van der Waals surface area (Å²) in [5, 5.41) is 0. The monoisotopic (exact) mass is 350 g/mol. The standard InChI is InChI=1S/C26H38/c1-8-10-11-20(3)18-25(4,5)24-15-13-22(17-24)19-26(6,7)23-14-12-21(9-2)16-23/h8,10-15H,9,16-19H2,1-7H3/b10-8-,20-11+. The topological polar surface area (TPSA) is 0 Å². The molecule has 2 aliphatic rings. The van der Waals surface area contributed by atoms with E-state index in [-0.39, 0.29) is 10.8 Å². The summed E-state index contributed by atoms with van der Waals surface area (Å²) in [6, 6.07) is 0. The van der Waals surface area contributed by atoms with E-state index < -0.39 is 0 Å². The van der Waals surface area contributed by atoms with Crippen LogP contribution in [0.1, 0.15) is 80.6 Å². The molecule has 0 unspecified atom stereocenters. The van der Waals surface area contributed by atoms with E-state index in [1.54, 1.807) is 22.3 Å². The van der Waals surface area contributed by atoms with Crippen molar-refractivity contribution in [2.45, 2.75) is 80.6 Å². The maximum absolute atomic E-state index is 2.42. The molecule has 0 heteroatoms. The highest BCUT2D eigenvalue weighted by Crippen LogP contribution is 2.45. The summed E-state index contributed by atoms with van der Waals surface area (Å²) in [6.45, 7) is 16.2. The lowest BCUT2D eigenvalue weighted by Gasteiger charge is -2.30. The van der Waals surface area contributed by atoms with Crippen molar-refractivity contribution in [2.75, 3.05) is 0 Å². The Kier molecular flexibility index (Phi) is 6.72. The van der Waals surface area contributed by atoms with Gasteiger partial charge in [-0.05, 0) is 56.8 Å². The Labute approximate surface area is 162 Å². The molecule has 0 saturated heterocycles. The van der Waals surface area contributed by atoms with Gasteiger partial charge in [0.05, 0.1) is 0 Å². The average Bonchev–Trinajstić information content (AvgIpc) is 3.21. The van der Waals surface area contributed by atoms with Crippen LogP contribution in [-0.4, -0.2) is 0 Å². The number of allylic oxidation sites excluding steroid dienone is 12. The fourth-order valence-corrected chi connectivity index (χ4v) is 4.27. The molecule has 142 valence electrons. The van der Waals surface area contributed by atoms with Crippen molar-refractivity contribution in [2.24, 2.45) is 10.8 Å². The first-order valence-corrected chi connectivity index (χ1v) is 10.2. The molecule has 0 aliphatic heterocycles. The summed E-state index contributed by atoms with van der Waals surface area (Å²) in [5.41, 5.74) is 8.31. The number of rotatable bonds is 8. The van der Waals surface area contributed by atoms with Gasteiger partial charge >= 0.3 is 0 Å². The molecule has 0 aromatic rings. The number of hydrogen-bond donors (Lipinski definition) is 0. The van der Waals surface area contributed by atoms with Gasteiger partial charge in [0.1, 0.15) is 0 Å². The Bertz CT molecular complexity index is 696. The maximum atomic E-state index is 2.42. The van der Waals surface area contributed by atoms with E-state index in [0.29, 0.717) is 0 Å². The predicted molar refractivity (Wildman–Crippen MR) is 117 cm³/mol. The highest BCUT2D eigenvalue weighted by molar-refractivity contribution is 5.39. The van der Waals surface area contributed by atoms with Crippen LogP contribution in [0.4, 0.5) is 0 Å². The third-order valence-electron chi connectivity index (χ3n) is 6.03. The lowest BCUT2D eigenvalue weighted by molar-refractivity contribution is 0.413. The largest absolute Gasteiger partial charge is 0.0877 e. The molecule has 0 saturated carbocycles. The average molecular weight is 351 g/mol. The molecule has 0 heterocycles. The second-order valence-corrected chi connectivity index (χ2v) is 9.40. The van der Waals surface area contributed by atoms with Crippen LogP contribution in [0.15, 0.2) is 70.4 Å². The Morgan fingerprint density at radius 2 is 1.50 bits per heavy atom. The molecule has 2 rings (SSSR count). The van der Waals surface area contributed by atoms with Crippen molar-refractivity contribution in [1.29, 1.82) is 0 Å². The smallest absolute Gasteiger partial charge is 0.00964 e. The van der Waals surface area contributed by atoms with Gasteiger partial charge in [-0.25, -0.2) is 0 Å². The Morgan fingerprint density at radius 3 is 2.08 bits per heavy atom. The van der Waals surface area contributed by atoms with Crippen molar-refractivity contribution >= 4 is 0 Å². The van der Waals surface area contributed by atoms with E-state index in [2.05, 4.69) is 91.0 Å². The fourth-order valence-electron chi connectivity index (χ4n) is 4.27. The molecule has 0 spiro atoms. The van der Waals surface area contributed by atoms with Crippen molar-refractivity contribution in [3.63, 3.8) is 0 Å². The third kappa shape index (κ3) is 5.22. The predicted octanol–water partition coefficient (Wildman–Crippen LogP) is 8.26. The zero-order valence-corrected chi connectivity index (χ0v) is 18.1. The van der Waals surface area contributed by atoms with Crippen LogP contribution in [0.5, 0.6) is 0 Å². The summed E-state index contributed by atoms with van der Waals surface area (Å²) in [6.07, 6.45) is 21.8. The molecular formula is C26H38. The zero-order valence-electron chi connectivity index (χ0n) is 18.1. The minimum absolute atomic E-state index is 0.230. The lowest BCUT2D eigenvalue weighted by Crippen LogP contribution is -2.17. The normalized spacial score (nSPS) is 19.0. The molecule has 0 nitrogen and oxygen atoms in total. The molecule has 0 fully saturated rings. The van der Waals surface area contributed by atoms with E-state index in [1.807, 2.05) is 0 Å². The first-order chi connectivity index (χ1) is 12.2. The van der Waals surface area contributed by atoms with E-state index in [1.165, 1.54) is 24.8 Å². The second kappa shape index (κ2) is 8.42. The van der Waals surface area contributed by atoms with Crippen molar-refractivity contribution in [3.8, 4) is 0 Å². The van der Waals surface area contributed by atoms with Crippen LogP contribution >= 0.6 is 0 Å². The first kappa shape index (κ1) is 20.7. The fraction of sp³-hybridized carbons (Fsp3) is 0.538. The molecular weight excluding hydrogens is 312 g/mol. The highest BCUT2D eigenvalue weighted by Gasteiger charge is 2.30. The number of hydrogen-bond acceptors (Lipinski definition) is 0. The van der Waals surface area contributed by atoms with E-state index >= 15 is 0 Å². The van der Waals surface area contributed by atoms with E-state index in [9.17, 15) is 0 Å². The van der Waals surface area contributed by atoms with Gasteiger partial charge in [0, 0.05) is 0 Å². The molecule has 0 N–H and O–H groups in total. The molecule has 0 amide bonds. The summed E-state index contributed by atoms with van der Waals surface area (Å²) < 4.78 is 0. The van der Waals surface area contributed by atoms with Crippen LogP contribution in [-0.2, 0) is 0 Å². The highest BCUT2D eigenvalue weighted by atomic mass is 14.4. The minimum Gasteiger partial charge on any atom is -0.0877 e. The summed E-state index contributed by atoms with van der Waals surface area (Å²) >= 11 is 0. The molecule has 0 aromatic heterocycles. The summed E-state index contributed by atoms with van der Waals surface area (Å²) in [4.78, 5) is 0. The molecule has 0 atom stereocenters. The third-order valence-corrected chi connectivity index (χ3v) is 6.03. The Morgan fingerprint density at radius 1 is 0.923 bits per heavy atom. The van der Waals surface area contributed by atoms with E-state index in [0.717, 1.165) is 12.8 Å². The maximum Gasteiger partial charge on any atom is -0.00964 e. The second-order valence-electron chi connectivity index (χ2n) is 9.40. The van der Waals surface area contributed by atoms with Gasteiger partial charge in [0.15, 0.2) is 0 Å². The van der Waals surface area contributed by atoms with Crippen LogP contribution in [0.25, 0.3) is 0 Å². The van der Waals surface area contributed by atoms with Crippen molar-refractivity contribution in [1.82, 2.24) is 0 Å². The van der Waals surface area contributed by atoms with Gasteiger partial charge in [-0.1, -0.05) is 105 Å². The van der Waals surface area contributed by atoms with Gasteiger partial charge in [-0.3, -0.25) is 0 Å². The van der Waals surface area contributed by atoms with Crippen LogP contribution in [0.3, 0.4) is 0 Å². The molecule has 0 bridgehead atoms. The van der Waals surface area contributed by atoms with Gasteiger partial charge < -0.3 is 0 Å². The minimum atomic E-state index is 0.230. The van der Waals surface area contributed by atoms with E-state index in [4.69, 9.17) is 0 Å². The quantitative estimate of drug-likeness (QED) is 0.386. The van der Waals surface area contributed by atoms with Gasteiger partial charge in [0.25, 0.3) is 0 Å². The Hall–Kier alpha value is -1.56. The SMILES string of the molecule is C/C=C\C=C(/C)CC(C)(C)C1=CC=C(CC(C)(C)C2=CC=C(CC)C2)C1. The Balaban J connectivity index is 1.95. The summed E-state index contributed by atoms with van der Waals surface area (Å²) in [7, 11) is 0. The molecule has 0 radical (unpaired) electrons. The van der Waals surface area contributed by atoms with Crippen LogP contribution < -0.4 is 0 Å². The van der Waals surface area contributed by atoms with Gasteiger partial charge in [-0.15, -0.1) is 0 Å². The lowest BCUT2D eigenvalue weighted by atomic mass is 9.74. The van der Waals surface area contributed by atoms with Gasteiger partial charge in [0.2, 0.25) is 0 Å². The van der Waals surface area contributed by atoms with Gasteiger partial charge in [-0.2, -0.15) is 0 Å². The summed E-state index contributed by atoms with van der Waals surface area (Å²) in [5.74, 6) is 0. The zero-order chi connectivity index (χ0) is 19.4. The molecule has 26 heavy (non-hydrogen) atoms. The molecule has 0 aromatic carbocycles. The van der Waals surface area contributed by atoms with Crippen molar-refractivity contribution in [3.05, 3.63) is 70.4 Å². The first-order valence-electron chi connectivity index (χ1n) is 10.2. The van der Waals surface area contributed by atoms with Crippen molar-refractivity contribution < 1.29 is 0 Å². The molecule has 2 aliphatic carbocycles. The van der Waals surface area contributed by atoms with Crippen LogP contribution in [0.2, 0.25) is 0 Å².